The summed E-state index contributed by atoms with van der Waals surface area (Å²) < 4.78 is 4.98. The maximum absolute atomic E-state index is 10.9. The second-order valence-corrected chi connectivity index (χ2v) is 2.67. The molecular formula is C10H12N2O2. The predicted octanol–water partition coefficient (Wildman–Crippen LogP) is 1.29. The number of carbonyl (C=O) groups is 1. The monoisotopic (exact) mass is 192 g/mol. The molecule has 0 bridgehead atoms. The summed E-state index contributed by atoms with van der Waals surface area (Å²) in [5.74, 6) is 5.27. The second kappa shape index (κ2) is 5.01. The molecule has 4 nitrogen and oxygen atoms in total. The molecule has 0 unspecified atom stereocenters. The van der Waals surface area contributed by atoms with E-state index in [2.05, 4.69) is 5.10 Å². The number of nitrogens with zero attached hydrogens (tertiary/aromatic N) is 1. The first kappa shape index (κ1) is 10.2. The Labute approximate surface area is 82.4 Å². The maximum atomic E-state index is 10.9. The lowest BCUT2D eigenvalue weighted by Crippen LogP contribution is -2.05. The Morgan fingerprint density at radius 2 is 2.14 bits per heavy atom. The van der Waals surface area contributed by atoms with Crippen LogP contribution in [-0.2, 0) is 4.79 Å². The topological polar surface area (TPSA) is 64.7 Å². The van der Waals surface area contributed by atoms with E-state index < -0.39 is 0 Å². The Bertz CT molecular complexity index is 330. The van der Waals surface area contributed by atoms with Gasteiger partial charge in [-0.3, -0.25) is 4.79 Å². The van der Waals surface area contributed by atoms with Gasteiger partial charge in [-0.2, -0.15) is 5.10 Å². The fourth-order valence-corrected chi connectivity index (χ4v) is 0.912. The summed E-state index contributed by atoms with van der Waals surface area (Å²) in [6.45, 7) is 1.75. The molecule has 0 aliphatic carbocycles. The summed E-state index contributed by atoms with van der Waals surface area (Å²) in [5, 5.41) is 3.38. The van der Waals surface area contributed by atoms with Crippen LogP contribution in [-0.4, -0.2) is 12.2 Å². The van der Waals surface area contributed by atoms with Crippen LogP contribution in [0.3, 0.4) is 0 Å². The molecule has 2 N–H and O–H groups in total. The van der Waals surface area contributed by atoms with E-state index in [9.17, 15) is 4.79 Å². The first-order valence-corrected chi connectivity index (χ1v) is 4.30. The summed E-state index contributed by atoms with van der Waals surface area (Å²) in [4.78, 5) is 10.9. The molecule has 0 aromatic heterocycles. The predicted molar refractivity (Wildman–Crippen MR) is 54.1 cm³/mol. The molecule has 14 heavy (non-hydrogen) atoms. The highest BCUT2D eigenvalue weighted by atomic mass is 16.5. The van der Waals surface area contributed by atoms with Crippen molar-refractivity contribution in [1.82, 2.24) is 0 Å². The van der Waals surface area contributed by atoms with E-state index in [0.717, 1.165) is 5.56 Å². The first-order valence-electron chi connectivity index (χ1n) is 4.30. The second-order valence-electron chi connectivity index (χ2n) is 2.67. The van der Waals surface area contributed by atoms with Crippen molar-refractivity contribution in [3.8, 4) is 5.75 Å². The van der Waals surface area contributed by atoms with Gasteiger partial charge >= 0.3 is 5.97 Å². The van der Waals surface area contributed by atoms with Gasteiger partial charge in [0.05, 0.1) is 6.21 Å². The lowest BCUT2D eigenvalue weighted by atomic mass is 10.2. The summed E-state index contributed by atoms with van der Waals surface area (Å²) in [5.41, 5.74) is 0.865. The molecule has 0 fully saturated rings. The summed E-state index contributed by atoms with van der Waals surface area (Å²) >= 11 is 0. The van der Waals surface area contributed by atoms with Gasteiger partial charge in [-0.15, -0.1) is 0 Å². The average molecular weight is 192 g/mol. The Hall–Kier alpha value is -1.84. The zero-order valence-electron chi connectivity index (χ0n) is 7.93. The Balaban J connectivity index is 2.68. The average Bonchev–Trinajstić information content (AvgIpc) is 2.21. The molecule has 1 aromatic carbocycles. The summed E-state index contributed by atoms with van der Waals surface area (Å²) in [7, 11) is 0. The number of ether oxygens (including phenoxy) is 1. The van der Waals surface area contributed by atoms with Crippen LogP contribution in [0.1, 0.15) is 18.9 Å². The highest BCUT2D eigenvalue weighted by molar-refractivity contribution is 5.79. The van der Waals surface area contributed by atoms with Gasteiger partial charge in [0.25, 0.3) is 0 Å². The molecule has 74 valence electrons. The van der Waals surface area contributed by atoms with Crippen LogP contribution in [0.25, 0.3) is 0 Å². The lowest BCUT2D eigenvalue weighted by molar-refractivity contribution is -0.134. The van der Waals surface area contributed by atoms with Crippen molar-refractivity contribution >= 4 is 12.2 Å². The highest BCUT2D eigenvalue weighted by Gasteiger charge is 2.00. The number of hydrazone groups is 1. The van der Waals surface area contributed by atoms with Gasteiger partial charge in [0.2, 0.25) is 0 Å². The minimum absolute atomic E-state index is 0.245. The van der Waals surface area contributed by atoms with E-state index in [0.29, 0.717) is 12.2 Å². The molecule has 0 spiro atoms. The molecule has 0 saturated carbocycles. The molecule has 0 heterocycles. The fourth-order valence-electron chi connectivity index (χ4n) is 0.912. The van der Waals surface area contributed by atoms with Gasteiger partial charge in [0.1, 0.15) is 5.75 Å². The maximum Gasteiger partial charge on any atom is 0.310 e. The molecular weight excluding hydrogens is 180 g/mol. The lowest BCUT2D eigenvalue weighted by Gasteiger charge is -2.01. The van der Waals surface area contributed by atoms with Gasteiger partial charge in [-0.25, -0.2) is 0 Å². The van der Waals surface area contributed by atoms with Crippen molar-refractivity contribution < 1.29 is 9.53 Å². The van der Waals surface area contributed by atoms with Crippen molar-refractivity contribution in [1.29, 1.82) is 0 Å². The first-order chi connectivity index (χ1) is 6.76. The largest absolute Gasteiger partial charge is 0.427 e. The molecule has 0 radical (unpaired) electrons. The van der Waals surface area contributed by atoms with E-state index >= 15 is 0 Å². The fraction of sp³-hybridized carbons (Fsp3) is 0.200. The number of nitrogens with two attached hydrogens (primary N) is 1. The Morgan fingerprint density at radius 3 is 2.64 bits per heavy atom. The van der Waals surface area contributed by atoms with Crippen LogP contribution in [0, 0.1) is 0 Å². The van der Waals surface area contributed by atoms with Crippen molar-refractivity contribution in [3.05, 3.63) is 29.8 Å². The number of benzene rings is 1. The number of hydrogen-bond donors (Lipinski definition) is 1. The van der Waals surface area contributed by atoms with E-state index in [1.165, 1.54) is 6.21 Å². The van der Waals surface area contributed by atoms with E-state index in [-0.39, 0.29) is 5.97 Å². The molecule has 0 amide bonds. The van der Waals surface area contributed by atoms with Crippen LogP contribution in [0.5, 0.6) is 5.75 Å². The number of carbonyl (C=O) groups excluding carboxylic acids is 1. The Morgan fingerprint density at radius 1 is 1.50 bits per heavy atom. The molecule has 1 rings (SSSR count). The third kappa shape index (κ3) is 2.90. The normalized spacial score (nSPS) is 10.4. The van der Waals surface area contributed by atoms with E-state index in [1.807, 2.05) is 0 Å². The van der Waals surface area contributed by atoms with E-state index in [4.69, 9.17) is 10.6 Å². The standard InChI is InChI=1S/C10H12N2O2/c1-2-10(13)14-9-5-3-8(4-6-9)7-12-11/h3-7H,2,11H2,1H3. The molecule has 4 heteroatoms. The van der Waals surface area contributed by atoms with Crippen LogP contribution in [0.15, 0.2) is 29.4 Å². The molecule has 0 aliphatic rings. The van der Waals surface area contributed by atoms with Crippen LogP contribution < -0.4 is 10.6 Å². The quantitative estimate of drug-likeness (QED) is 0.258. The summed E-state index contributed by atoms with van der Waals surface area (Å²) in [6, 6.07) is 6.94. The number of hydrogen-bond acceptors (Lipinski definition) is 4. The summed E-state index contributed by atoms with van der Waals surface area (Å²) in [6.07, 6.45) is 1.89. The van der Waals surface area contributed by atoms with Gasteiger partial charge < -0.3 is 10.6 Å². The van der Waals surface area contributed by atoms with E-state index in [1.54, 1.807) is 31.2 Å². The highest BCUT2D eigenvalue weighted by Crippen LogP contribution is 2.11. The van der Waals surface area contributed by atoms with Gasteiger partial charge in [0, 0.05) is 6.42 Å². The zero-order valence-corrected chi connectivity index (χ0v) is 7.93. The van der Waals surface area contributed by atoms with Crippen LogP contribution in [0.2, 0.25) is 0 Å². The third-order valence-electron chi connectivity index (χ3n) is 1.62. The minimum atomic E-state index is -0.245. The van der Waals surface area contributed by atoms with Crippen molar-refractivity contribution in [2.75, 3.05) is 0 Å². The number of esters is 1. The zero-order chi connectivity index (χ0) is 10.4. The van der Waals surface area contributed by atoms with Crippen LogP contribution in [0.4, 0.5) is 0 Å². The minimum Gasteiger partial charge on any atom is -0.427 e. The molecule has 0 aliphatic heterocycles. The van der Waals surface area contributed by atoms with Crippen molar-refractivity contribution in [2.24, 2.45) is 10.9 Å². The van der Waals surface area contributed by atoms with Gasteiger partial charge in [-0.05, 0) is 29.8 Å². The molecule has 0 saturated heterocycles. The van der Waals surface area contributed by atoms with Crippen LogP contribution >= 0.6 is 0 Å². The Kier molecular flexibility index (Phi) is 3.67. The number of rotatable bonds is 3. The molecule has 1 aromatic rings. The van der Waals surface area contributed by atoms with Gasteiger partial charge in [-0.1, -0.05) is 6.92 Å². The SMILES string of the molecule is CCC(=O)Oc1ccc(C=NN)cc1. The third-order valence-corrected chi connectivity index (χ3v) is 1.62. The molecule has 0 atom stereocenters. The van der Waals surface area contributed by atoms with Crippen molar-refractivity contribution in [2.45, 2.75) is 13.3 Å². The van der Waals surface area contributed by atoms with Crippen molar-refractivity contribution in [3.63, 3.8) is 0 Å². The van der Waals surface area contributed by atoms with Gasteiger partial charge in [0.15, 0.2) is 0 Å². The smallest absolute Gasteiger partial charge is 0.310 e.